The van der Waals surface area contributed by atoms with Gasteiger partial charge in [-0.1, -0.05) is 26.0 Å². The molecule has 0 amide bonds. The molecule has 4 aliphatic carbocycles. The summed E-state index contributed by atoms with van der Waals surface area (Å²) in [5.41, 5.74) is 0.979. The number of hydrogen-bond donors (Lipinski definition) is 1. The van der Waals surface area contributed by atoms with Crippen LogP contribution in [0.25, 0.3) is 0 Å². The van der Waals surface area contributed by atoms with E-state index in [1.54, 1.807) is 0 Å². The maximum atomic E-state index is 12.5. The summed E-state index contributed by atoms with van der Waals surface area (Å²) in [5.74, 6) is 1.90. The number of carbonyl (C=O) groups is 2. The van der Waals surface area contributed by atoms with Crippen LogP contribution < -0.4 is 0 Å². The van der Waals surface area contributed by atoms with Crippen LogP contribution >= 0.6 is 0 Å². The summed E-state index contributed by atoms with van der Waals surface area (Å²) in [5, 5.41) is 10.6. The van der Waals surface area contributed by atoms with Crippen LogP contribution in [0.15, 0.2) is 12.2 Å². The molecule has 3 heteroatoms. The van der Waals surface area contributed by atoms with Crippen LogP contribution in [0.2, 0.25) is 0 Å². The Morgan fingerprint density at radius 2 is 1.87 bits per heavy atom. The van der Waals surface area contributed by atoms with E-state index in [1.165, 1.54) is 5.57 Å². The Balaban J connectivity index is 1.73. The number of ketones is 2. The van der Waals surface area contributed by atoms with Gasteiger partial charge in [-0.15, -0.1) is 0 Å². The third-order valence-electron chi connectivity index (χ3n) is 8.14. The van der Waals surface area contributed by atoms with Crippen LogP contribution in [0.1, 0.15) is 58.8 Å². The lowest BCUT2D eigenvalue weighted by Crippen LogP contribution is -2.55. The molecule has 0 heterocycles. The molecule has 0 aromatic rings. The minimum atomic E-state index is -0.488. The third-order valence-corrected chi connectivity index (χ3v) is 8.14. The Morgan fingerprint density at radius 3 is 2.61 bits per heavy atom. The SMILES string of the molecule is C=C1C[C@@H]2[C@H](CC[C@]3(C)C(=O)CC(O)[C@@H]23)[C@@]2(C)CCC(=O)C[C@H]12. The van der Waals surface area contributed by atoms with Gasteiger partial charge in [-0.2, -0.15) is 0 Å². The molecule has 7 atom stereocenters. The number of carbonyl (C=O) groups excluding carboxylic acids is 2. The van der Waals surface area contributed by atoms with Crippen LogP contribution in [0.5, 0.6) is 0 Å². The van der Waals surface area contributed by atoms with Crippen molar-refractivity contribution in [1.82, 2.24) is 0 Å². The fraction of sp³-hybridized carbons (Fsp3) is 0.800. The summed E-state index contributed by atoms with van der Waals surface area (Å²) >= 11 is 0. The average Bonchev–Trinajstić information content (AvgIpc) is 2.71. The number of fused-ring (bicyclic) bond motifs is 5. The Hall–Kier alpha value is -0.960. The molecule has 0 radical (unpaired) electrons. The average molecular weight is 316 g/mol. The first-order valence-electron chi connectivity index (χ1n) is 9.18. The van der Waals surface area contributed by atoms with Gasteiger partial charge in [0.15, 0.2) is 0 Å². The fourth-order valence-electron chi connectivity index (χ4n) is 6.88. The lowest BCUT2D eigenvalue weighted by molar-refractivity contribution is -0.142. The second-order valence-electron chi connectivity index (χ2n) is 9.11. The molecule has 0 spiro atoms. The topological polar surface area (TPSA) is 54.4 Å². The smallest absolute Gasteiger partial charge is 0.141 e. The molecule has 0 aromatic carbocycles. The van der Waals surface area contributed by atoms with Crippen LogP contribution in [0, 0.1) is 34.5 Å². The largest absolute Gasteiger partial charge is 0.392 e. The van der Waals surface area contributed by atoms with Crippen LogP contribution in [0.3, 0.4) is 0 Å². The third kappa shape index (κ3) is 1.92. The summed E-state index contributed by atoms with van der Waals surface area (Å²) in [6.07, 6.45) is 4.98. The quantitative estimate of drug-likeness (QED) is 0.698. The van der Waals surface area contributed by atoms with E-state index in [0.29, 0.717) is 42.8 Å². The first kappa shape index (κ1) is 15.6. The molecule has 1 unspecified atom stereocenters. The first-order chi connectivity index (χ1) is 10.8. The van der Waals surface area contributed by atoms with Crippen molar-refractivity contribution in [3.63, 3.8) is 0 Å². The molecule has 4 aliphatic rings. The predicted molar refractivity (Wildman–Crippen MR) is 87.7 cm³/mol. The number of aliphatic hydroxyl groups excluding tert-OH is 1. The van der Waals surface area contributed by atoms with Gasteiger partial charge in [0, 0.05) is 30.6 Å². The number of allylic oxidation sites excluding steroid dienone is 1. The van der Waals surface area contributed by atoms with E-state index in [0.717, 1.165) is 25.7 Å². The number of aliphatic hydroxyl groups is 1. The molecule has 4 saturated carbocycles. The maximum Gasteiger partial charge on any atom is 0.141 e. The minimum Gasteiger partial charge on any atom is -0.392 e. The van der Waals surface area contributed by atoms with E-state index in [4.69, 9.17) is 0 Å². The van der Waals surface area contributed by atoms with Crippen molar-refractivity contribution in [1.29, 1.82) is 0 Å². The van der Waals surface area contributed by atoms with Crippen molar-refractivity contribution in [2.45, 2.75) is 64.9 Å². The molecule has 23 heavy (non-hydrogen) atoms. The highest BCUT2D eigenvalue weighted by Crippen LogP contribution is 2.66. The predicted octanol–water partition coefficient (Wildman–Crippen LogP) is 3.30. The lowest BCUT2D eigenvalue weighted by Gasteiger charge is -2.60. The van der Waals surface area contributed by atoms with Gasteiger partial charge in [0.05, 0.1) is 6.10 Å². The highest BCUT2D eigenvalue weighted by molar-refractivity contribution is 5.88. The van der Waals surface area contributed by atoms with E-state index >= 15 is 0 Å². The molecule has 4 rings (SSSR count). The van der Waals surface area contributed by atoms with E-state index in [1.807, 2.05) is 0 Å². The Kier molecular flexibility index (Phi) is 3.23. The van der Waals surface area contributed by atoms with E-state index in [9.17, 15) is 14.7 Å². The molecule has 0 aromatic heterocycles. The summed E-state index contributed by atoms with van der Waals surface area (Å²) in [4.78, 5) is 24.4. The Labute approximate surface area is 138 Å². The highest BCUT2D eigenvalue weighted by Gasteiger charge is 2.63. The standard InChI is InChI=1S/C20H28O3/c1-11-8-13-14(19(2)6-4-12(21)9-15(11)19)5-7-20(3)17(23)10-16(22)18(13)20/h13-16,18,22H,1,4-10H2,2-3H3/t13-,14+,15-,16?,18-,19-,20-/m1/s1. The van der Waals surface area contributed by atoms with Gasteiger partial charge in [-0.25, -0.2) is 0 Å². The minimum absolute atomic E-state index is 0.0842. The normalized spacial score (nSPS) is 52.8. The van der Waals surface area contributed by atoms with Crippen molar-refractivity contribution in [2.24, 2.45) is 34.5 Å². The zero-order chi connectivity index (χ0) is 16.6. The van der Waals surface area contributed by atoms with Gasteiger partial charge in [-0.05, 0) is 48.9 Å². The Morgan fingerprint density at radius 1 is 1.13 bits per heavy atom. The van der Waals surface area contributed by atoms with Crippen molar-refractivity contribution in [2.75, 3.05) is 0 Å². The van der Waals surface area contributed by atoms with Gasteiger partial charge < -0.3 is 5.11 Å². The first-order valence-corrected chi connectivity index (χ1v) is 9.18. The van der Waals surface area contributed by atoms with E-state index < -0.39 is 6.10 Å². The van der Waals surface area contributed by atoms with Gasteiger partial charge in [0.2, 0.25) is 0 Å². The summed E-state index contributed by atoms with van der Waals surface area (Å²) in [7, 11) is 0. The van der Waals surface area contributed by atoms with Crippen LogP contribution in [-0.4, -0.2) is 22.8 Å². The molecule has 0 saturated heterocycles. The van der Waals surface area contributed by atoms with E-state index in [-0.39, 0.29) is 22.5 Å². The van der Waals surface area contributed by atoms with Crippen molar-refractivity contribution < 1.29 is 14.7 Å². The monoisotopic (exact) mass is 316 g/mol. The summed E-state index contributed by atoms with van der Waals surface area (Å²) < 4.78 is 0. The zero-order valence-electron chi connectivity index (χ0n) is 14.3. The fourth-order valence-corrected chi connectivity index (χ4v) is 6.88. The van der Waals surface area contributed by atoms with Crippen molar-refractivity contribution >= 4 is 11.6 Å². The summed E-state index contributed by atoms with van der Waals surface area (Å²) in [6, 6.07) is 0. The van der Waals surface area contributed by atoms with Crippen molar-refractivity contribution in [3.8, 4) is 0 Å². The number of rotatable bonds is 0. The molecule has 4 fully saturated rings. The Bertz CT molecular complexity index is 594. The van der Waals surface area contributed by atoms with Gasteiger partial charge >= 0.3 is 0 Å². The maximum absolute atomic E-state index is 12.5. The van der Waals surface area contributed by atoms with Crippen molar-refractivity contribution in [3.05, 3.63) is 12.2 Å². The second kappa shape index (κ2) is 4.78. The summed E-state index contributed by atoms with van der Waals surface area (Å²) in [6.45, 7) is 8.75. The molecule has 3 nitrogen and oxygen atoms in total. The van der Waals surface area contributed by atoms with Gasteiger partial charge in [0.25, 0.3) is 0 Å². The molecule has 1 N–H and O–H groups in total. The highest BCUT2D eigenvalue weighted by atomic mass is 16.3. The number of Topliss-reactive ketones (excluding diaryl/α,β-unsaturated/α-hetero) is 2. The molecular weight excluding hydrogens is 288 g/mol. The second-order valence-corrected chi connectivity index (χ2v) is 9.11. The lowest BCUT2D eigenvalue weighted by atomic mass is 9.44. The molecular formula is C20H28O3. The molecule has 126 valence electrons. The van der Waals surface area contributed by atoms with Crippen LogP contribution in [-0.2, 0) is 9.59 Å². The molecule has 0 aliphatic heterocycles. The number of hydrogen-bond acceptors (Lipinski definition) is 3. The van der Waals surface area contributed by atoms with Crippen LogP contribution in [0.4, 0.5) is 0 Å². The zero-order valence-corrected chi connectivity index (χ0v) is 14.3. The van der Waals surface area contributed by atoms with E-state index in [2.05, 4.69) is 20.4 Å². The van der Waals surface area contributed by atoms with Gasteiger partial charge in [-0.3, -0.25) is 9.59 Å². The van der Waals surface area contributed by atoms with Gasteiger partial charge in [0.1, 0.15) is 11.6 Å². The molecule has 0 bridgehead atoms.